The second kappa shape index (κ2) is 15.9. The second-order valence-corrected chi connectivity index (χ2v) is 9.85. The summed E-state index contributed by atoms with van der Waals surface area (Å²) in [7, 11) is 0. The van der Waals surface area contributed by atoms with E-state index in [1.165, 1.54) is 6.08 Å². The van der Waals surface area contributed by atoms with Crippen LogP contribution >= 0.6 is 0 Å². The third-order valence-corrected chi connectivity index (χ3v) is 7.15. The van der Waals surface area contributed by atoms with Crippen LogP contribution in [0.25, 0.3) is 6.08 Å². The van der Waals surface area contributed by atoms with Crippen molar-refractivity contribution in [2.75, 3.05) is 39.4 Å². The minimum atomic E-state index is -0.731. The molecule has 216 valence electrons. The van der Waals surface area contributed by atoms with E-state index in [4.69, 9.17) is 9.47 Å². The molecule has 0 spiro atoms. The van der Waals surface area contributed by atoms with Gasteiger partial charge in [0.2, 0.25) is 0 Å². The Labute approximate surface area is 239 Å². The van der Waals surface area contributed by atoms with Gasteiger partial charge in [-0.1, -0.05) is 76.1 Å². The van der Waals surface area contributed by atoms with Crippen LogP contribution < -0.4 is 9.47 Å². The molecular weight excluding hydrogens is 504 g/mol. The molecule has 0 bridgehead atoms. The number of ether oxygens (including phenoxy) is 2. The Bertz CT molecular complexity index is 1170. The quantitative estimate of drug-likeness (QED) is 0.183. The number of ketones is 1. The van der Waals surface area contributed by atoms with E-state index < -0.39 is 23.5 Å². The van der Waals surface area contributed by atoms with Crippen molar-refractivity contribution in [3.63, 3.8) is 0 Å². The average Bonchev–Trinajstić information content (AvgIpc) is 3.22. The fourth-order valence-electron chi connectivity index (χ4n) is 4.93. The molecular formula is C33H44N2O5. The lowest BCUT2D eigenvalue weighted by molar-refractivity contribution is -0.129. The van der Waals surface area contributed by atoms with E-state index in [0.29, 0.717) is 36.8 Å². The minimum absolute atomic E-state index is 0.0825. The van der Waals surface area contributed by atoms with Gasteiger partial charge in [-0.2, -0.15) is 0 Å². The van der Waals surface area contributed by atoms with Gasteiger partial charge in [0.15, 0.2) is 23.0 Å². The maximum atomic E-state index is 13.5. The molecule has 7 nitrogen and oxygen atoms in total. The number of unbranched alkanes of at least 4 members (excludes halogenated alkanes) is 2. The van der Waals surface area contributed by atoms with Gasteiger partial charge in [-0.05, 0) is 68.7 Å². The topological polar surface area (TPSA) is 79.3 Å². The molecule has 1 heterocycles. The molecule has 40 heavy (non-hydrogen) atoms. The number of amides is 1. The Kier molecular flexibility index (Phi) is 12.3. The largest absolute Gasteiger partial charge is 0.503 e. The summed E-state index contributed by atoms with van der Waals surface area (Å²) in [5.41, 5.74) is 1.64. The highest BCUT2D eigenvalue weighted by Crippen LogP contribution is 2.41. The van der Waals surface area contributed by atoms with Gasteiger partial charge in [0.1, 0.15) is 0 Å². The van der Waals surface area contributed by atoms with E-state index in [1.807, 2.05) is 55.5 Å². The molecule has 0 aliphatic carbocycles. The third kappa shape index (κ3) is 7.98. The zero-order chi connectivity index (χ0) is 28.9. The summed E-state index contributed by atoms with van der Waals surface area (Å²) in [4.78, 5) is 30.8. The molecule has 1 unspecified atom stereocenters. The molecule has 2 aromatic carbocycles. The molecule has 0 radical (unpaired) electrons. The van der Waals surface area contributed by atoms with Crippen molar-refractivity contribution in [3.05, 3.63) is 77.1 Å². The molecule has 0 aromatic heterocycles. The predicted octanol–water partition coefficient (Wildman–Crippen LogP) is 6.36. The van der Waals surface area contributed by atoms with Gasteiger partial charge in [-0.25, -0.2) is 0 Å². The summed E-state index contributed by atoms with van der Waals surface area (Å²) < 4.78 is 11.9. The fourth-order valence-corrected chi connectivity index (χ4v) is 4.93. The first-order valence-corrected chi connectivity index (χ1v) is 14.6. The number of benzene rings is 2. The highest BCUT2D eigenvalue weighted by atomic mass is 16.5. The van der Waals surface area contributed by atoms with Gasteiger partial charge in [0, 0.05) is 6.54 Å². The number of hydrogen-bond donors (Lipinski definition) is 1. The third-order valence-electron chi connectivity index (χ3n) is 7.15. The SMILES string of the molecule is CCCCCOc1ccc(C2C(C(=O)C=Cc3ccccc3)=C(O)C(=O)N2CCCN(CC)CC)cc1OCC. The molecule has 0 fully saturated rings. The Morgan fingerprint density at radius 1 is 0.975 bits per heavy atom. The lowest BCUT2D eigenvalue weighted by Crippen LogP contribution is -2.34. The molecule has 7 heteroatoms. The number of nitrogens with zero attached hydrogens (tertiary/aromatic N) is 2. The molecule has 0 saturated heterocycles. The first kappa shape index (κ1) is 31.0. The van der Waals surface area contributed by atoms with Crippen LogP contribution in [0, 0.1) is 0 Å². The van der Waals surface area contributed by atoms with Crippen molar-refractivity contribution in [2.45, 2.75) is 59.4 Å². The van der Waals surface area contributed by atoms with Gasteiger partial charge < -0.3 is 24.4 Å². The average molecular weight is 549 g/mol. The highest BCUT2D eigenvalue weighted by molar-refractivity contribution is 6.14. The molecule has 1 amide bonds. The number of carbonyl (C=O) groups excluding carboxylic acids is 2. The summed E-state index contributed by atoms with van der Waals surface area (Å²) in [6.07, 6.45) is 6.98. The Morgan fingerprint density at radius 2 is 1.73 bits per heavy atom. The molecule has 3 rings (SSSR count). The number of hydrogen-bond acceptors (Lipinski definition) is 6. The zero-order valence-electron chi connectivity index (χ0n) is 24.4. The Hall–Kier alpha value is -3.58. The van der Waals surface area contributed by atoms with E-state index >= 15 is 0 Å². The number of allylic oxidation sites excluding steroid dienone is 1. The maximum absolute atomic E-state index is 13.5. The van der Waals surface area contributed by atoms with Crippen molar-refractivity contribution in [1.82, 2.24) is 9.80 Å². The maximum Gasteiger partial charge on any atom is 0.290 e. The van der Waals surface area contributed by atoms with Crippen LogP contribution in [0.4, 0.5) is 0 Å². The number of aliphatic hydroxyl groups is 1. The predicted molar refractivity (Wildman–Crippen MR) is 160 cm³/mol. The molecule has 1 aliphatic heterocycles. The lowest BCUT2D eigenvalue weighted by atomic mass is 9.95. The van der Waals surface area contributed by atoms with Crippen LogP contribution in [0.15, 0.2) is 65.9 Å². The van der Waals surface area contributed by atoms with Crippen LogP contribution in [-0.4, -0.2) is 66.0 Å². The normalized spacial score (nSPS) is 15.5. The van der Waals surface area contributed by atoms with Crippen LogP contribution in [0.5, 0.6) is 11.5 Å². The van der Waals surface area contributed by atoms with Gasteiger partial charge in [0.25, 0.3) is 5.91 Å². The number of carbonyl (C=O) groups is 2. The van der Waals surface area contributed by atoms with Gasteiger partial charge >= 0.3 is 0 Å². The van der Waals surface area contributed by atoms with Gasteiger partial charge in [0.05, 0.1) is 24.8 Å². The summed E-state index contributed by atoms with van der Waals surface area (Å²) in [6.45, 7) is 12.4. The summed E-state index contributed by atoms with van der Waals surface area (Å²) in [6, 6.07) is 14.3. The van der Waals surface area contributed by atoms with Crippen molar-refractivity contribution in [1.29, 1.82) is 0 Å². The molecule has 1 aliphatic rings. The van der Waals surface area contributed by atoms with Gasteiger partial charge in [-0.3, -0.25) is 9.59 Å². The van der Waals surface area contributed by atoms with Crippen molar-refractivity contribution in [3.8, 4) is 11.5 Å². The first-order chi connectivity index (χ1) is 19.4. The van der Waals surface area contributed by atoms with Crippen molar-refractivity contribution in [2.24, 2.45) is 0 Å². The van der Waals surface area contributed by atoms with Crippen LogP contribution in [0.1, 0.15) is 70.5 Å². The molecule has 1 N–H and O–H groups in total. The van der Waals surface area contributed by atoms with E-state index in [9.17, 15) is 14.7 Å². The monoisotopic (exact) mass is 548 g/mol. The number of aliphatic hydroxyl groups excluding tert-OH is 1. The van der Waals surface area contributed by atoms with Crippen LogP contribution in [-0.2, 0) is 9.59 Å². The minimum Gasteiger partial charge on any atom is -0.503 e. The zero-order valence-corrected chi connectivity index (χ0v) is 24.4. The fraction of sp³-hybridized carbons (Fsp3) is 0.455. The van der Waals surface area contributed by atoms with Crippen molar-refractivity contribution >= 4 is 17.8 Å². The lowest BCUT2D eigenvalue weighted by Gasteiger charge is -2.28. The van der Waals surface area contributed by atoms with Crippen LogP contribution in [0.2, 0.25) is 0 Å². The van der Waals surface area contributed by atoms with E-state index in [-0.39, 0.29) is 5.57 Å². The molecule has 1 atom stereocenters. The first-order valence-electron chi connectivity index (χ1n) is 14.6. The molecule has 0 saturated carbocycles. The Balaban J connectivity index is 1.96. The van der Waals surface area contributed by atoms with E-state index in [2.05, 4.69) is 25.7 Å². The standard InChI is InChI=1S/C33H44N2O5/c1-5-9-13-23-40-28-20-18-26(24-29(28)39-8-4)31-30(27(36)19-17-25-15-11-10-12-16-25)32(37)33(38)35(31)22-14-21-34(6-2)7-3/h10-12,15-20,24,31,37H,5-9,13-14,21-23H2,1-4H3. The van der Waals surface area contributed by atoms with Gasteiger partial charge in [-0.15, -0.1) is 0 Å². The number of rotatable bonds is 17. The summed E-state index contributed by atoms with van der Waals surface area (Å²) in [5.74, 6) is -0.231. The summed E-state index contributed by atoms with van der Waals surface area (Å²) >= 11 is 0. The smallest absolute Gasteiger partial charge is 0.290 e. The van der Waals surface area contributed by atoms with E-state index in [1.54, 1.807) is 11.0 Å². The summed E-state index contributed by atoms with van der Waals surface area (Å²) in [5, 5.41) is 11.0. The molecule has 2 aromatic rings. The van der Waals surface area contributed by atoms with Crippen LogP contribution in [0.3, 0.4) is 0 Å². The second-order valence-electron chi connectivity index (χ2n) is 9.85. The van der Waals surface area contributed by atoms with Crippen molar-refractivity contribution < 1.29 is 24.2 Å². The highest BCUT2D eigenvalue weighted by Gasteiger charge is 2.43. The Morgan fingerprint density at radius 3 is 2.40 bits per heavy atom. The van der Waals surface area contributed by atoms with E-state index in [0.717, 1.165) is 50.9 Å².